The third kappa shape index (κ3) is 2.07. The Balaban J connectivity index is 1.68. The van der Waals surface area contributed by atoms with E-state index in [0.717, 1.165) is 50.4 Å². The lowest BCUT2D eigenvalue weighted by Crippen LogP contribution is -2.56. The maximum absolute atomic E-state index is 12.5. The Bertz CT molecular complexity index is 552. The van der Waals surface area contributed by atoms with Crippen molar-refractivity contribution in [3.05, 3.63) is 0 Å². The van der Waals surface area contributed by atoms with Gasteiger partial charge in [0.05, 0.1) is 0 Å². The Morgan fingerprint density at radius 1 is 1.04 bits per heavy atom. The molecule has 2 heteroatoms. The molecule has 7 atom stereocenters. The zero-order valence-electron chi connectivity index (χ0n) is 15.8. The van der Waals surface area contributed by atoms with Crippen LogP contribution < -0.4 is 0 Å². The molecule has 4 aliphatic rings. The molecule has 0 aliphatic heterocycles. The number of carbonyl (C=O) groups excluding carboxylic acids is 2. The van der Waals surface area contributed by atoms with Gasteiger partial charge in [0.15, 0.2) is 0 Å². The zero-order valence-corrected chi connectivity index (χ0v) is 15.8. The first kappa shape index (κ1) is 16.8. The van der Waals surface area contributed by atoms with Gasteiger partial charge in [0, 0.05) is 24.2 Å². The van der Waals surface area contributed by atoms with Crippen LogP contribution in [0.15, 0.2) is 0 Å². The molecule has 0 radical (unpaired) electrons. The molecule has 24 heavy (non-hydrogen) atoms. The largest absolute Gasteiger partial charge is 0.299 e. The second-order valence-corrected chi connectivity index (χ2v) is 9.64. The predicted octanol–water partition coefficient (Wildman–Crippen LogP) is 5.19. The van der Waals surface area contributed by atoms with Gasteiger partial charge in [-0.1, -0.05) is 20.8 Å². The first-order valence-corrected chi connectivity index (χ1v) is 10.5. The standard InChI is InChI=1S/C22H34O2/c1-4-14-13-22(5-2)15(12-19(14)23)6-7-16-17-8-9-20(24)21(17,3)11-10-18(16)22/h14-18H,4-13H2,1-3H3. The van der Waals surface area contributed by atoms with Crippen molar-refractivity contribution in [1.82, 2.24) is 0 Å². The molecular weight excluding hydrogens is 296 g/mol. The molecule has 0 amide bonds. The number of Topliss-reactive ketones (excluding diaryl/α,β-unsaturated/α-hetero) is 2. The highest BCUT2D eigenvalue weighted by molar-refractivity contribution is 5.87. The lowest BCUT2D eigenvalue weighted by molar-refractivity contribution is -0.154. The number of fused-ring (bicyclic) bond motifs is 5. The molecule has 7 unspecified atom stereocenters. The van der Waals surface area contributed by atoms with Crippen LogP contribution in [-0.4, -0.2) is 11.6 Å². The van der Waals surface area contributed by atoms with Crippen molar-refractivity contribution in [3.63, 3.8) is 0 Å². The first-order valence-electron chi connectivity index (χ1n) is 10.5. The second-order valence-electron chi connectivity index (χ2n) is 9.64. The second kappa shape index (κ2) is 5.68. The summed E-state index contributed by atoms with van der Waals surface area (Å²) >= 11 is 0. The van der Waals surface area contributed by atoms with Crippen LogP contribution in [0, 0.1) is 40.4 Å². The molecule has 0 N–H and O–H groups in total. The molecule has 0 saturated heterocycles. The van der Waals surface area contributed by atoms with E-state index in [9.17, 15) is 9.59 Å². The SMILES string of the molecule is CCC1CC2(CC)C(CCC3C4CCC(=O)C4(C)CCC32)CC1=O. The Hall–Kier alpha value is -0.660. The average molecular weight is 331 g/mol. The van der Waals surface area contributed by atoms with Crippen molar-refractivity contribution in [2.75, 3.05) is 0 Å². The van der Waals surface area contributed by atoms with E-state index >= 15 is 0 Å². The Labute approximate surface area is 147 Å². The van der Waals surface area contributed by atoms with E-state index in [4.69, 9.17) is 0 Å². The summed E-state index contributed by atoms with van der Waals surface area (Å²) in [4.78, 5) is 25.1. The van der Waals surface area contributed by atoms with E-state index in [-0.39, 0.29) is 5.41 Å². The molecule has 0 bridgehead atoms. The van der Waals surface area contributed by atoms with Gasteiger partial charge in [-0.25, -0.2) is 0 Å². The van der Waals surface area contributed by atoms with Crippen LogP contribution in [0.4, 0.5) is 0 Å². The Morgan fingerprint density at radius 2 is 1.83 bits per heavy atom. The van der Waals surface area contributed by atoms with E-state index in [0.29, 0.717) is 34.7 Å². The van der Waals surface area contributed by atoms with Gasteiger partial charge in [0.2, 0.25) is 0 Å². The molecule has 4 rings (SSSR count). The lowest BCUT2D eigenvalue weighted by atomic mass is 9.43. The number of rotatable bonds is 2. The third-order valence-corrected chi connectivity index (χ3v) is 9.23. The molecule has 4 fully saturated rings. The van der Waals surface area contributed by atoms with Crippen LogP contribution in [0.5, 0.6) is 0 Å². The minimum Gasteiger partial charge on any atom is -0.299 e. The average Bonchev–Trinajstić information content (AvgIpc) is 2.89. The highest BCUT2D eigenvalue weighted by atomic mass is 16.1. The predicted molar refractivity (Wildman–Crippen MR) is 95.5 cm³/mol. The summed E-state index contributed by atoms with van der Waals surface area (Å²) in [7, 11) is 0. The first-order chi connectivity index (χ1) is 11.5. The molecule has 4 aliphatic carbocycles. The fourth-order valence-corrected chi connectivity index (χ4v) is 7.83. The van der Waals surface area contributed by atoms with Gasteiger partial charge in [-0.3, -0.25) is 9.59 Å². The van der Waals surface area contributed by atoms with Crippen molar-refractivity contribution in [2.24, 2.45) is 40.4 Å². The minimum absolute atomic E-state index is 0.0163. The highest BCUT2D eigenvalue weighted by Gasteiger charge is 2.61. The van der Waals surface area contributed by atoms with Crippen molar-refractivity contribution in [2.45, 2.75) is 85.0 Å². The van der Waals surface area contributed by atoms with Crippen molar-refractivity contribution in [3.8, 4) is 0 Å². The van der Waals surface area contributed by atoms with E-state index < -0.39 is 0 Å². The summed E-state index contributed by atoms with van der Waals surface area (Å²) in [5.74, 6) is 4.17. The van der Waals surface area contributed by atoms with E-state index in [1.54, 1.807) is 0 Å². The van der Waals surface area contributed by atoms with Gasteiger partial charge in [-0.15, -0.1) is 0 Å². The van der Waals surface area contributed by atoms with Gasteiger partial charge in [-0.2, -0.15) is 0 Å². The van der Waals surface area contributed by atoms with Crippen LogP contribution in [0.2, 0.25) is 0 Å². The summed E-state index contributed by atoms with van der Waals surface area (Å²) in [5.41, 5.74) is 0.377. The molecule has 0 heterocycles. The zero-order chi connectivity index (χ0) is 17.1. The summed E-state index contributed by atoms with van der Waals surface area (Å²) < 4.78 is 0. The summed E-state index contributed by atoms with van der Waals surface area (Å²) in [6.07, 6.45) is 11.0. The Kier molecular flexibility index (Phi) is 3.97. The van der Waals surface area contributed by atoms with Crippen LogP contribution in [0.3, 0.4) is 0 Å². The Morgan fingerprint density at radius 3 is 2.54 bits per heavy atom. The number of ketones is 2. The monoisotopic (exact) mass is 330 g/mol. The number of hydrogen-bond acceptors (Lipinski definition) is 2. The van der Waals surface area contributed by atoms with Crippen LogP contribution in [0.1, 0.15) is 85.0 Å². The number of hydrogen-bond donors (Lipinski definition) is 0. The van der Waals surface area contributed by atoms with Crippen molar-refractivity contribution < 1.29 is 9.59 Å². The van der Waals surface area contributed by atoms with E-state index in [2.05, 4.69) is 20.8 Å². The summed E-state index contributed by atoms with van der Waals surface area (Å²) in [5, 5.41) is 0. The third-order valence-electron chi connectivity index (χ3n) is 9.23. The van der Waals surface area contributed by atoms with Crippen molar-refractivity contribution >= 4 is 11.6 Å². The van der Waals surface area contributed by atoms with Crippen LogP contribution in [-0.2, 0) is 9.59 Å². The topological polar surface area (TPSA) is 34.1 Å². The molecule has 4 saturated carbocycles. The van der Waals surface area contributed by atoms with Gasteiger partial charge < -0.3 is 0 Å². The number of carbonyl (C=O) groups is 2. The van der Waals surface area contributed by atoms with Gasteiger partial charge in [0.1, 0.15) is 11.6 Å². The fraction of sp³-hybridized carbons (Fsp3) is 0.909. The maximum Gasteiger partial charge on any atom is 0.139 e. The van der Waals surface area contributed by atoms with E-state index in [1.807, 2.05) is 0 Å². The van der Waals surface area contributed by atoms with Crippen LogP contribution in [0.25, 0.3) is 0 Å². The normalized spacial score (nSPS) is 51.0. The lowest BCUT2D eigenvalue weighted by Gasteiger charge is -2.61. The summed E-state index contributed by atoms with van der Waals surface area (Å²) in [6, 6.07) is 0. The maximum atomic E-state index is 12.5. The molecule has 0 aromatic heterocycles. The molecule has 0 aromatic rings. The fourth-order valence-electron chi connectivity index (χ4n) is 7.83. The molecule has 0 aromatic carbocycles. The van der Waals surface area contributed by atoms with Crippen molar-refractivity contribution in [1.29, 1.82) is 0 Å². The minimum atomic E-state index is -0.0163. The van der Waals surface area contributed by atoms with Gasteiger partial charge in [-0.05, 0) is 80.5 Å². The molecule has 2 nitrogen and oxygen atoms in total. The molecule has 0 spiro atoms. The van der Waals surface area contributed by atoms with Gasteiger partial charge in [0.25, 0.3) is 0 Å². The quantitative estimate of drug-likeness (QED) is 0.698. The summed E-state index contributed by atoms with van der Waals surface area (Å²) in [6.45, 7) is 6.85. The molecular formula is C22H34O2. The highest BCUT2D eigenvalue weighted by Crippen LogP contribution is 2.66. The smallest absolute Gasteiger partial charge is 0.139 e. The van der Waals surface area contributed by atoms with Gasteiger partial charge >= 0.3 is 0 Å². The van der Waals surface area contributed by atoms with Crippen LogP contribution >= 0.6 is 0 Å². The molecule has 134 valence electrons. The van der Waals surface area contributed by atoms with E-state index in [1.165, 1.54) is 25.7 Å².